The van der Waals surface area contributed by atoms with Crippen molar-refractivity contribution in [1.29, 1.82) is 0 Å². The second kappa shape index (κ2) is 7.06. The van der Waals surface area contributed by atoms with Gasteiger partial charge in [0, 0.05) is 19.6 Å². The van der Waals surface area contributed by atoms with Crippen molar-refractivity contribution < 1.29 is 14.3 Å². The number of fused-ring (bicyclic) bond motifs is 1. The van der Waals surface area contributed by atoms with Crippen LogP contribution in [0.3, 0.4) is 0 Å². The predicted octanol–water partition coefficient (Wildman–Crippen LogP) is 2.68. The maximum atomic E-state index is 13.1. The minimum Gasteiger partial charge on any atom is -0.497 e. The van der Waals surface area contributed by atoms with E-state index >= 15 is 0 Å². The quantitative estimate of drug-likeness (QED) is 0.830. The molecule has 1 heterocycles. The summed E-state index contributed by atoms with van der Waals surface area (Å²) in [5.74, 6) is 0.607. The number of amides is 2. The van der Waals surface area contributed by atoms with E-state index in [4.69, 9.17) is 4.74 Å². The SMILES string of the molecule is COc1ccc(CNC(=O)C2(C(=O)N3CCc4ccccc4C3)CC2)cc1. The first kappa shape index (κ1) is 17.6. The molecule has 0 aromatic heterocycles. The van der Waals surface area contributed by atoms with Crippen molar-refractivity contribution in [2.75, 3.05) is 13.7 Å². The highest BCUT2D eigenvalue weighted by atomic mass is 16.5. The van der Waals surface area contributed by atoms with Gasteiger partial charge in [0.25, 0.3) is 0 Å². The summed E-state index contributed by atoms with van der Waals surface area (Å²) in [6.45, 7) is 1.70. The molecule has 2 aromatic carbocycles. The molecule has 1 aliphatic heterocycles. The standard InChI is InChI=1S/C22H24N2O3/c1-27-19-8-6-16(7-9-19)14-23-20(25)22(11-12-22)21(26)24-13-10-17-4-2-3-5-18(17)15-24/h2-9H,10-15H2,1H3,(H,23,25). The summed E-state index contributed by atoms with van der Waals surface area (Å²) in [7, 11) is 1.62. The van der Waals surface area contributed by atoms with Crippen molar-refractivity contribution in [2.45, 2.75) is 32.4 Å². The molecule has 2 aromatic rings. The number of hydrogen-bond acceptors (Lipinski definition) is 3. The van der Waals surface area contributed by atoms with Crippen LogP contribution in [0, 0.1) is 5.41 Å². The summed E-state index contributed by atoms with van der Waals surface area (Å²) in [6, 6.07) is 15.8. The second-order valence-corrected chi connectivity index (χ2v) is 7.36. The average Bonchev–Trinajstić information content (AvgIpc) is 3.53. The Hall–Kier alpha value is -2.82. The molecule has 0 saturated heterocycles. The van der Waals surface area contributed by atoms with E-state index in [9.17, 15) is 9.59 Å². The van der Waals surface area contributed by atoms with Gasteiger partial charge in [-0.05, 0) is 48.1 Å². The lowest BCUT2D eigenvalue weighted by atomic mass is 9.97. The Bertz CT molecular complexity index is 856. The van der Waals surface area contributed by atoms with E-state index in [2.05, 4.69) is 17.4 Å². The van der Waals surface area contributed by atoms with Crippen molar-refractivity contribution >= 4 is 11.8 Å². The smallest absolute Gasteiger partial charge is 0.238 e. The molecule has 140 valence electrons. The molecule has 0 atom stereocenters. The van der Waals surface area contributed by atoms with Crippen LogP contribution in [0.4, 0.5) is 0 Å². The van der Waals surface area contributed by atoms with Crippen LogP contribution in [-0.4, -0.2) is 30.4 Å². The number of nitrogens with zero attached hydrogens (tertiary/aromatic N) is 1. The third-order valence-electron chi connectivity index (χ3n) is 5.62. The largest absolute Gasteiger partial charge is 0.497 e. The number of nitrogens with one attached hydrogen (secondary N) is 1. The Balaban J connectivity index is 1.39. The van der Waals surface area contributed by atoms with E-state index in [1.165, 1.54) is 11.1 Å². The Labute approximate surface area is 159 Å². The molecule has 5 nitrogen and oxygen atoms in total. The molecule has 2 aliphatic rings. The van der Waals surface area contributed by atoms with Gasteiger partial charge in [0.2, 0.25) is 11.8 Å². The first-order chi connectivity index (χ1) is 13.1. The maximum Gasteiger partial charge on any atom is 0.238 e. The molecule has 5 heteroatoms. The van der Waals surface area contributed by atoms with Crippen LogP contribution in [0.15, 0.2) is 48.5 Å². The molecule has 0 bridgehead atoms. The van der Waals surface area contributed by atoms with Gasteiger partial charge in [0.15, 0.2) is 0 Å². The second-order valence-electron chi connectivity index (χ2n) is 7.36. The lowest BCUT2D eigenvalue weighted by molar-refractivity contribution is -0.145. The Morgan fingerprint density at radius 1 is 1.07 bits per heavy atom. The monoisotopic (exact) mass is 364 g/mol. The van der Waals surface area contributed by atoms with Gasteiger partial charge in [-0.2, -0.15) is 0 Å². The van der Waals surface area contributed by atoms with Crippen molar-refractivity contribution in [1.82, 2.24) is 10.2 Å². The molecule has 1 aliphatic carbocycles. The fraction of sp³-hybridized carbons (Fsp3) is 0.364. The van der Waals surface area contributed by atoms with Crippen LogP contribution in [0.5, 0.6) is 5.75 Å². The lowest BCUT2D eigenvalue weighted by Gasteiger charge is -2.31. The Morgan fingerprint density at radius 3 is 2.44 bits per heavy atom. The summed E-state index contributed by atoms with van der Waals surface area (Å²) in [5.41, 5.74) is 2.61. The van der Waals surface area contributed by atoms with Crippen LogP contribution in [0.25, 0.3) is 0 Å². The third kappa shape index (κ3) is 3.42. The molecule has 2 amide bonds. The topological polar surface area (TPSA) is 58.6 Å². The first-order valence-electron chi connectivity index (χ1n) is 9.40. The number of carbonyl (C=O) groups is 2. The normalized spacial score (nSPS) is 17.0. The van der Waals surface area contributed by atoms with Gasteiger partial charge in [-0.15, -0.1) is 0 Å². The van der Waals surface area contributed by atoms with Gasteiger partial charge in [-0.1, -0.05) is 36.4 Å². The minimum atomic E-state index is -0.862. The van der Waals surface area contributed by atoms with Gasteiger partial charge < -0.3 is 15.0 Å². The number of hydrogen-bond donors (Lipinski definition) is 1. The van der Waals surface area contributed by atoms with E-state index in [1.807, 2.05) is 41.3 Å². The third-order valence-corrected chi connectivity index (χ3v) is 5.62. The maximum absolute atomic E-state index is 13.1. The Kier molecular flexibility index (Phi) is 4.60. The van der Waals surface area contributed by atoms with Gasteiger partial charge in [-0.25, -0.2) is 0 Å². The molecule has 27 heavy (non-hydrogen) atoms. The van der Waals surface area contributed by atoms with Crippen molar-refractivity contribution in [3.8, 4) is 5.75 Å². The van der Waals surface area contributed by atoms with Gasteiger partial charge in [-0.3, -0.25) is 9.59 Å². The van der Waals surface area contributed by atoms with Crippen LogP contribution < -0.4 is 10.1 Å². The molecule has 0 radical (unpaired) electrons. The molecule has 0 spiro atoms. The number of rotatable bonds is 5. The van der Waals surface area contributed by atoms with E-state index in [0.717, 1.165) is 17.7 Å². The zero-order valence-corrected chi connectivity index (χ0v) is 15.5. The Morgan fingerprint density at radius 2 is 1.78 bits per heavy atom. The molecule has 0 unspecified atom stereocenters. The molecular formula is C22H24N2O3. The molecule has 1 N–H and O–H groups in total. The molecule has 4 rings (SSSR count). The summed E-state index contributed by atoms with van der Waals surface area (Å²) < 4.78 is 5.15. The summed E-state index contributed by atoms with van der Waals surface area (Å²) >= 11 is 0. The number of benzene rings is 2. The zero-order chi connectivity index (χ0) is 18.9. The summed E-state index contributed by atoms with van der Waals surface area (Å²) in [6.07, 6.45) is 2.13. The number of methoxy groups -OCH3 is 1. The van der Waals surface area contributed by atoms with E-state index in [1.54, 1.807) is 7.11 Å². The minimum absolute atomic E-state index is 0.0239. The molecular weight excluding hydrogens is 340 g/mol. The lowest BCUT2D eigenvalue weighted by Crippen LogP contribution is -2.46. The van der Waals surface area contributed by atoms with Gasteiger partial charge >= 0.3 is 0 Å². The molecule has 1 fully saturated rings. The fourth-order valence-corrected chi connectivity index (χ4v) is 3.73. The predicted molar refractivity (Wildman–Crippen MR) is 102 cm³/mol. The highest BCUT2D eigenvalue weighted by molar-refractivity contribution is 6.07. The average molecular weight is 364 g/mol. The summed E-state index contributed by atoms with van der Waals surface area (Å²) in [4.78, 5) is 27.7. The van der Waals surface area contributed by atoms with E-state index in [-0.39, 0.29) is 11.8 Å². The first-order valence-corrected chi connectivity index (χ1v) is 9.40. The zero-order valence-electron chi connectivity index (χ0n) is 15.5. The molecule has 1 saturated carbocycles. The van der Waals surface area contributed by atoms with E-state index < -0.39 is 5.41 Å². The summed E-state index contributed by atoms with van der Waals surface area (Å²) in [5, 5.41) is 2.95. The highest BCUT2D eigenvalue weighted by Crippen LogP contribution is 2.48. The van der Waals surface area contributed by atoms with Gasteiger partial charge in [0.05, 0.1) is 7.11 Å². The van der Waals surface area contributed by atoms with Crippen molar-refractivity contribution in [3.05, 3.63) is 65.2 Å². The van der Waals surface area contributed by atoms with Crippen molar-refractivity contribution in [2.24, 2.45) is 5.41 Å². The van der Waals surface area contributed by atoms with Crippen LogP contribution in [0.2, 0.25) is 0 Å². The number of ether oxygens (including phenoxy) is 1. The van der Waals surface area contributed by atoms with Crippen LogP contribution >= 0.6 is 0 Å². The van der Waals surface area contributed by atoms with Gasteiger partial charge in [0.1, 0.15) is 11.2 Å². The van der Waals surface area contributed by atoms with Crippen LogP contribution in [-0.2, 0) is 29.1 Å². The van der Waals surface area contributed by atoms with Crippen molar-refractivity contribution in [3.63, 3.8) is 0 Å². The number of carbonyl (C=O) groups excluding carboxylic acids is 2. The van der Waals surface area contributed by atoms with Crippen LogP contribution in [0.1, 0.15) is 29.5 Å². The highest BCUT2D eigenvalue weighted by Gasteiger charge is 2.58. The van der Waals surface area contributed by atoms with E-state index in [0.29, 0.717) is 32.5 Å². The fourth-order valence-electron chi connectivity index (χ4n) is 3.73.